The largest absolute Gasteiger partial charge is 0.480 e. The summed E-state index contributed by atoms with van der Waals surface area (Å²) in [6.45, 7) is 2.10. The van der Waals surface area contributed by atoms with Gasteiger partial charge < -0.3 is 15.3 Å². The topological polar surface area (TPSA) is 69.6 Å². The van der Waals surface area contributed by atoms with Crippen LogP contribution >= 0.6 is 11.8 Å². The summed E-state index contributed by atoms with van der Waals surface area (Å²) < 4.78 is 0. The van der Waals surface area contributed by atoms with Crippen molar-refractivity contribution in [3.8, 4) is 0 Å². The average Bonchev–Trinajstić information content (AvgIpc) is 2.80. The zero-order valence-electron chi connectivity index (χ0n) is 9.18. The van der Waals surface area contributed by atoms with Gasteiger partial charge in [0.1, 0.15) is 6.04 Å². The number of aliphatic carboxylic acids is 1. The van der Waals surface area contributed by atoms with Crippen molar-refractivity contribution in [2.24, 2.45) is 5.92 Å². The molecule has 1 saturated heterocycles. The molecule has 0 radical (unpaired) electrons. The van der Waals surface area contributed by atoms with E-state index in [1.165, 1.54) is 16.7 Å². The Labute approximate surface area is 98.6 Å². The van der Waals surface area contributed by atoms with Crippen molar-refractivity contribution in [3.05, 3.63) is 0 Å². The second kappa shape index (κ2) is 4.53. The molecule has 2 aliphatic rings. The van der Waals surface area contributed by atoms with Crippen LogP contribution < -0.4 is 5.32 Å². The lowest BCUT2D eigenvalue weighted by Crippen LogP contribution is -2.47. The van der Waals surface area contributed by atoms with E-state index in [1.807, 2.05) is 0 Å². The Bertz CT molecular complexity index is 310. The van der Waals surface area contributed by atoms with Crippen molar-refractivity contribution in [1.82, 2.24) is 10.2 Å². The minimum absolute atomic E-state index is 0.224. The van der Waals surface area contributed by atoms with E-state index in [2.05, 4.69) is 12.2 Å². The number of thioether (sulfide) groups is 1. The van der Waals surface area contributed by atoms with E-state index in [4.69, 9.17) is 5.11 Å². The number of nitrogens with zero attached hydrogens (tertiary/aromatic N) is 1. The summed E-state index contributed by atoms with van der Waals surface area (Å²) in [6.07, 6.45) is 2.10. The van der Waals surface area contributed by atoms with Gasteiger partial charge in [-0.15, -0.1) is 11.8 Å². The maximum Gasteiger partial charge on any atom is 0.327 e. The number of carboxylic acids is 1. The Morgan fingerprint density at radius 1 is 1.56 bits per heavy atom. The molecule has 1 heterocycles. The van der Waals surface area contributed by atoms with Crippen molar-refractivity contribution in [1.29, 1.82) is 0 Å². The quantitative estimate of drug-likeness (QED) is 0.775. The van der Waals surface area contributed by atoms with Gasteiger partial charge in [-0.1, -0.05) is 13.3 Å². The highest BCUT2D eigenvalue weighted by atomic mass is 32.2. The number of carboxylic acid groups (broad SMARTS) is 1. The summed E-state index contributed by atoms with van der Waals surface area (Å²) in [6, 6.07) is -0.625. The van der Waals surface area contributed by atoms with Gasteiger partial charge in [-0.2, -0.15) is 0 Å². The summed E-state index contributed by atoms with van der Waals surface area (Å²) in [5, 5.41) is 11.8. The second-order valence-electron chi connectivity index (χ2n) is 4.28. The van der Waals surface area contributed by atoms with Gasteiger partial charge in [0, 0.05) is 11.8 Å². The van der Waals surface area contributed by atoms with Crippen LogP contribution in [0.1, 0.15) is 19.8 Å². The van der Waals surface area contributed by atoms with E-state index >= 15 is 0 Å². The van der Waals surface area contributed by atoms with Crippen LogP contribution in [0, 0.1) is 5.92 Å². The van der Waals surface area contributed by atoms with Gasteiger partial charge in [0.05, 0.1) is 5.88 Å². The van der Waals surface area contributed by atoms with E-state index in [1.54, 1.807) is 0 Å². The van der Waals surface area contributed by atoms with E-state index in [0.717, 1.165) is 12.8 Å². The minimum Gasteiger partial charge on any atom is -0.480 e. The predicted octanol–water partition coefficient (Wildman–Crippen LogP) is 0.954. The predicted molar refractivity (Wildman–Crippen MR) is 61.3 cm³/mol. The Balaban J connectivity index is 1.87. The molecule has 0 aromatic carbocycles. The molecule has 2 N–H and O–H groups in total. The first-order valence-corrected chi connectivity index (χ1v) is 6.66. The molecule has 0 spiro atoms. The van der Waals surface area contributed by atoms with Crippen LogP contribution in [0.15, 0.2) is 0 Å². The molecule has 0 aromatic rings. The van der Waals surface area contributed by atoms with Gasteiger partial charge in [0.25, 0.3) is 0 Å². The van der Waals surface area contributed by atoms with Gasteiger partial charge in [-0.25, -0.2) is 9.59 Å². The smallest absolute Gasteiger partial charge is 0.327 e. The van der Waals surface area contributed by atoms with Crippen LogP contribution in [0.2, 0.25) is 0 Å². The third-order valence-electron chi connectivity index (χ3n) is 3.18. The minimum atomic E-state index is -0.914. The number of rotatable bonds is 3. The van der Waals surface area contributed by atoms with Crippen molar-refractivity contribution in [3.63, 3.8) is 0 Å². The van der Waals surface area contributed by atoms with Gasteiger partial charge in [-0.3, -0.25) is 0 Å². The maximum atomic E-state index is 11.8. The lowest BCUT2D eigenvalue weighted by Gasteiger charge is -2.20. The number of amides is 2. The molecule has 2 fully saturated rings. The molecule has 5 nitrogen and oxygen atoms in total. The number of urea groups is 1. The summed E-state index contributed by atoms with van der Waals surface area (Å²) in [7, 11) is 0. The fourth-order valence-electron chi connectivity index (χ4n) is 1.96. The summed E-state index contributed by atoms with van der Waals surface area (Å²) in [5.74, 6) is 0.641. The summed E-state index contributed by atoms with van der Waals surface area (Å²) >= 11 is 1.49. The highest BCUT2D eigenvalue weighted by molar-refractivity contribution is 7.99. The Morgan fingerprint density at radius 3 is 2.88 bits per heavy atom. The van der Waals surface area contributed by atoms with Crippen LogP contribution in [0.4, 0.5) is 4.79 Å². The molecule has 1 aliphatic heterocycles. The van der Waals surface area contributed by atoms with E-state index in [9.17, 15) is 9.59 Å². The first kappa shape index (κ1) is 11.6. The number of hydrogen-bond donors (Lipinski definition) is 2. The molecule has 90 valence electrons. The molecule has 1 saturated carbocycles. The first-order valence-electron chi connectivity index (χ1n) is 5.51. The fraction of sp³-hybridized carbons (Fsp3) is 0.800. The standard InChI is InChI=1S/C10H16N2O3S/c1-2-6-3-7(6)11-10(15)12-5-16-4-8(12)9(13)14/h6-8H,2-5H2,1H3,(H,11,15)(H,13,14)/t6?,7?,8-/m0/s1. The SMILES string of the molecule is CCC1CC1NC(=O)N1CSC[C@H]1C(=O)O. The Morgan fingerprint density at radius 2 is 2.31 bits per heavy atom. The van der Waals surface area contributed by atoms with E-state index < -0.39 is 12.0 Å². The van der Waals surface area contributed by atoms with Crippen molar-refractivity contribution < 1.29 is 14.7 Å². The third kappa shape index (κ3) is 2.26. The zero-order chi connectivity index (χ0) is 11.7. The molecule has 1 aliphatic carbocycles. The lowest BCUT2D eigenvalue weighted by molar-refractivity contribution is -0.140. The number of carbonyl (C=O) groups excluding carboxylic acids is 1. The van der Waals surface area contributed by atoms with Gasteiger partial charge in [0.15, 0.2) is 0 Å². The third-order valence-corrected chi connectivity index (χ3v) is 4.20. The van der Waals surface area contributed by atoms with Crippen molar-refractivity contribution in [2.75, 3.05) is 11.6 Å². The van der Waals surface area contributed by atoms with Gasteiger partial charge in [0.2, 0.25) is 0 Å². The van der Waals surface area contributed by atoms with E-state index in [-0.39, 0.29) is 12.1 Å². The Hall–Kier alpha value is -0.910. The molecule has 2 unspecified atom stereocenters. The molecule has 0 bridgehead atoms. The highest BCUT2D eigenvalue weighted by Gasteiger charge is 2.40. The monoisotopic (exact) mass is 244 g/mol. The fourth-order valence-corrected chi connectivity index (χ4v) is 3.11. The number of carbonyl (C=O) groups is 2. The van der Waals surface area contributed by atoms with Gasteiger partial charge >= 0.3 is 12.0 Å². The first-order chi connectivity index (χ1) is 7.63. The molecule has 2 rings (SSSR count). The Kier molecular flexibility index (Phi) is 3.28. The average molecular weight is 244 g/mol. The normalized spacial score (nSPS) is 32.6. The van der Waals surface area contributed by atoms with Crippen LogP contribution in [-0.4, -0.2) is 45.7 Å². The molecular weight excluding hydrogens is 228 g/mol. The second-order valence-corrected chi connectivity index (χ2v) is 5.28. The van der Waals surface area contributed by atoms with Crippen LogP contribution in [-0.2, 0) is 4.79 Å². The highest BCUT2D eigenvalue weighted by Crippen LogP contribution is 2.33. The van der Waals surface area contributed by atoms with Crippen molar-refractivity contribution in [2.45, 2.75) is 31.8 Å². The number of nitrogens with one attached hydrogen (secondary N) is 1. The van der Waals surface area contributed by atoms with Crippen LogP contribution in [0.3, 0.4) is 0 Å². The summed E-state index contributed by atoms with van der Waals surface area (Å²) in [4.78, 5) is 24.1. The molecule has 2 amide bonds. The molecule has 6 heteroatoms. The summed E-state index contributed by atoms with van der Waals surface area (Å²) in [5.41, 5.74) is 0. The van der Waals surface area contributed by atoms with E-state index in [0.29, 0.717) is 17.5 Å². The lowest BCUT2D eigenvalue weighted by atomic mass is 10.3. The van der Waals surface area contributed by atoms with Crippen LogP contribution in [0.5, 0.6) is 0 Å². The molecule has 3 atom stereocenters. The van der Waals surface area contributed by atoms with Crippen LogP contribution in [0.25, 0.3) is 0 Å². The van der Waals surface area contributed by atoms with Gasteiger partial charge in [-0.05, 0) is 12.3 Å². The number of hydrogen-bond acceptors (Lipinski definition) is 3. The molecule has 0 aromatic heterocycles. The maximum absolute atomic E-state index is 11.8. The zero-order valence-corrected chi connectivity index (χ0v) is 10.00. The molecular formula is C10H16N2O3S. The van der Waals surface area contributed by atoms with Crippen molar-refractivity contribution >= 4 is 23.8 Å². The molecule has 16 heavy (non-hydrogen) atoms.